The maximum Gasteiger partial charge on any atom is 0.258 e. The molecule has 0 unspecified atom stereocenters. The summed E-state index contributed by atoms with van der Waals surface area (Å²) in [6, 6.07) is 11.5. The van der Waals surface area contributed by atoms with Gasteiger partial charge in [0.15, 0.2) is 5.82 Å². The minimum Gasteiger partial charge on any atom is -0.337 e. The van der Waals surface area contributed by atoms with Gasteiger partial charge >= 0.3 is 0 Å². The number of aromatic nitrogens is 4. The summed E-state index contributed by atoms with van der Waals surface area (Å²) in [7, 11) is 0. The Hall–Kier alpha value is -3.15. The molecule has 1 aromatic carbocycles. The molecule has 4 rings (SSSR count). The smallest absolute Gasteiger partial charge is 0.258 e. The molecule has 0 spiro atoms. The lowest BCUT2D eigenvalue weighted by atomic mass is 10.1. The number of anilines is 2. The summed E-state index contributed by atoms with van der Waals surface area (Å²) in [5, 5.41) is 12.1. The molecule has 0 atom stereocenters. The van der Waals surface area contributed by atoms with Gasteiger partial charge in [0.25, 0.3) is 5.56 Å². The lowest BCUT2D eigenvalue weighted by molar-refractivity contribution is 0.513. The van der Waals surface area contributed by atoms with Crippen molar-refractivity contribution < 1.29 is 0 Å². The van der Waals surface area contributed by atoms with E-state index in [1.807, 2.05) is 42.6 Å². The van der Waals surface area contributed by atoms with Crippen molar-refractivity contribution in [3.63, 3.8) is 0 Å². The molecule has 126 valence electrons. The van der Waals surface area contributed by atoms with Crippen LogP contribution in [0.4, 0.5) is 11.5 Å². The van der Waals surface area contributed by atoms with E-state index in [1.54, 1.807) is 10.8 Å². The normalized spacial score (nSPS) is 11.5. The van der Waals surface area contributed by atoms with Crippen LogP contribution in [0.25, 0.3) is 21.8 Å². The molecule has 3 heterocycles. The Kier molecular flexibility index (Phi) is 3.72. The highest BCUT2D eigenvalue weighted by molar-refractivity contribution is 5.90. The molecule has 3 aromatic heterocycles. The fourth-order valence-corrected chi connectivity index (χ4v) is 2.98. The second-order valence-electron chi connectivity index (χ2n) is 6.57. The lowest BCUT2D eigenvalue weighted by Gasteiger charge is -2.10. The van der Waals surface area contributed by atoms with Crippen molar-refractivity contribution in [3.8, 4) is 0 Å². The molecule has 0 bridgehead atoms. The number of benzene rings is 1. The molecular formula is C19H19N5O. The van der Waals surface area contributed by atoms with Crippen molar-refractivity contribution in [2.75, 3.05) is 5.32 Å². The number of pyridine rings is 2. The van der Waals surface area contributed by atoms with Gasteiger partial charge in [0, 0.05) is 30.0 Å². The summed E-state index contributed by atoms with van der Waals surface area (Å²) < 4.78 is 1.77. The second kappa shape index (κ2) is 6.05. The third-order valence-electron chi connectivity index (χ3n) is 4.12. The Morgan fingerprint density at radius 1 is 1.24 bits per heavy atom. The molecule has 25 heavy (non-hydrogen) atoms. The minimum absolute atomic E-state index is 0.0460. The fraction of sp³-hybridized carbons (Fsp3) is 0.211. The number of fused-ring (bicyclic) bond motifs is 2. The highest BCUT2D eigenvalue weighted by Crippen LogP contribution is 2.24. The van der Waals surface area contributed by atoms with Crippen LogP contribution in [0, 0.1) is 5.92 Å². The number of hydrogen-bond donors (Lipinski definition) is 2. The maximum absolute atomic E-state index is 12.6. The van der Waals surface area contributed by atoms with Gasteiger partial charge in [-0.3, -0.25) is 14.9 Å². The zero-order valence-corrected chi connectivity index (χ0v) is 14.2. The van der Waals surface area contributed by atoms with E-state index >= 15 is 0 Å². The fourth-order valence-electron chi connectivity index (χ4n) is 2.98. The van der Waals surface area contributed by atoms with Gasteiger partial charge in [-0.25, -0.2) is 0 Å². The van der Waals surface area contributed by atoms with Gasteiger partial charge in [0.05, 0.1) is 5.52 Å². The first-order valence-corrected chi connectivity index (χ1v) is 8.31. The van der Waals surface area contributed by atoms with Crippen LogP contribution in [0.5, 0.6) is 0 Å². The molecule has 2 N–H and O–H groups in total. The summed E-state index contributed by atoms with van der Waals surface area (Å²) in [5.74, 6) is 1.10. The largest absolute Gasteiger partial charge is 0.337 e. The molecule has 0 amide bonds. The first-order chi connectivity index (χ1) is 12.1. The van der Waals surface area contributed by atoms with E-state index in [9.17, 15) is 4.79 Å². The lowest BCUT2D eigenvalue weighted by Crippen LogP contribution is -2.21. The number of nitrogens with zero attached hydrogens (tertiary/aromatic N) is 3. The van der Waals surface area contributed by atoms with Crippen molar-refractivity contribution in [1.82, 2.24) is 19.7 Å². The Morgan fingerprint density at radius 2 is 2.12 bits per heavy atom. The average Bonchev–Trinajstić information content (AvgIpc) is 3.00. The highest BCUT2D eigenvalue weighted by Gasteiger charge is 2.09. The van der Waals surface area contributed by atoms with E-state index in [2.05, 4.69) is 34.3 Å². The van der Waals surface area contributed by atoms with Crippen molar-refractivity contribution in [2.24, 2.45) is 5.92 Å². The van der Waals surface area contributed by atoms with Crippen LogP contribution < -0.4 is 10.9 Å². The first-order valence-electron chi connectivity index (χ1n) is 8.31. The van der Waals surface area contributed by atoms with E-state index in [1.165, 1.54) is 0 Å². The molecule has 6 heteroatoms. The van der Waals surface area contributed by atoms with E-state index in [-0.39, 0.29) is 5.56 Å². The van der Waals surface area contributed by atoms with Crippen LogP contribution in [-0.2, 0) is 6.54 Å². The molecule has 0 saturated heterocycles. The predicted molar refractivity (Wildman–Crippen MR) is 100 cm³/mol. The van der Waals surface area contributed by atoms with Gasteiger partial charge in [-0.1, -0.05) is 13.8 Å². The van der Waals surface area contributed by atoms with E-state index in [0.29, 0.717) is 11.7 Å². The quantitative estimate of drug-likeness (QED) is 0.597. The third-order valence-corrected chi connectivity index (χ3v) is 4.12. The number of hydrogen-bond acceptors (Lipinski definition) is 4. The molecule has 0 aliphatic rings. The highest BCUT2D eigenvalue weighted by atomic mass is 16.1. The van der Waals surface area contributed by atoms with Crippen LogP contribution in [0.2, 0.25) is 0 Å². The van der Waals surface area contributed by atoms with Gasteiger partial charge in [0.1, 0.15) is 5.52 Å². The zero-order valence-electron chi connectivity index (χ0n) is 14.2. The van der Waals surface area contributed by atoms with Gasteiger partial charge in [-0.2, -0.15) is 5.10 Å². The standard InChI is InChI=1S/C19H19N5O/c1-12(2)11-24-9-7-13-10-14(5-6-15(13)19(24)25)21-18-17-16(22-23-18)4-3-8-20-17/h3-10,12H,11H2,1-2H3,(H2,21,22,23). The van der Waals surface area contributed by atoms with Gasteiger partial charge in [-0.15, -0.1) is 0 Å². The Balaban J connectivity index is 1.71. The topological polar surface area (TPSA) is 75.6 Å². The van der Waals surface area contributed by atoms with Crippen LogP contribution >= 0.6 is 0 Å². The summed E-state index contributed by atoms with van der Waals surface area (Å²) in [6.07, 6.45) is 3.60. The van der Waals surface area contributed by atoms with Crippen molar-refractivity contribution >= 4 is 33.3 Å². The Labute approximate surface area is 144 Å². The van der Waals surface area contributed by atoms with Crippen molar-refractivity contribution in [2.45, 2.75) is 20.4 Å². The SMILES string of the molecule is CC(C)Cn1ccc2cc(Nc3n[nH]c4cccnc34)ccc2c1=O. The summed E-state index contributed by atoms with van der Waals surface area (Å²) in [5.41, 5.74) is 2.58. The average molecular weight is 333 g/mol. The molecule has 6 nitrogen and oxygen atoms in total. The maximum atomic E-state index is 12.6. The minimum atomic E-state index is 0.0460. The van der Waals surface area contributed by atoms with Gasteiger partial charge < -0.3 is 9.88 Å². The number of H-pyrrole nitrogens is 1. The summed E-state index contributed by atoms with van der Waals surface area (Å²) >= 11 is 0. The molecule has 0 fully saturated rings. The van der Waals surface area contributed by atoms with Crippen LogP contribution in [0.15, 0.2) is 53.6 Å². The molecule has 4 aromatic rings. The van der Waals surface area contributed by atoms with E-state index < -0.39 is 0 Å². The molecule has 0 aliphatic heterocycles. The number of aromatic amines is 1. The molecule has 0 radical (unpaired) electrons. The predicted octanol–water partition coefficient (Wildman–Crippen LogP) is 3.67. The number of nitrogens with one attached hydrogen (secondary N) is 2. The van der Waals surface area contributed by atoms with Crippen LogP contribution in [0.3, 0.4) is 0 Å². The molecule has 0 saturated carbocycles. The summed E-state index contributed by atoms with van der Waals surface area (Å²) in [6.45, 7) is 4.93. The summed E-state index contributed by atoms with van der Waals surface area (Å²) in [4.78, 5) is 16.9. The van der Waals surface area contributed by atoms with Gasteiger partial charge in [-0.05, 0) is 47.7 Å². The second-order valence-corrected chi connectivity index (χ2v) is 6.57. The third kappa shape index (κ3) is 2.87. The molecule has 0 aliphatic carbocycles. The Morgan fingerprint density at radius 3 is 2.96 bits per heavy atom. The van der Waals surface area contributed by atoms with Crippen LogP contribution in [0.1, 0.15) is 13.8 Å². The van der Waals surface area contributed by atoms with Crippen molar-refractivity contribution in [3.05, 3.63) is 59.1 Å². The van der Waals surface area contributed by atoms with Crippen LogP contribution in [-0.4, -0.2) is 19.7 Å². The number of rotatable bonds is 4. The monoisotopic (exact) mass is 333 g/mol. The van der Waals surface area contributed by atoms with E-state index in [4.69, 9.17) is 0 Å². The zero-order chi connectivity index (χ0) is 17.4. The molecular weight excluding hydrogens is 314 g/mol. The van der Waals surface area contributed by atoms with Gasteiger partial charge in [0.2, 0.25) is 0 Å². The Bertz CT molecular complexity index is 1110. The van der Waals surface area contributed by atoms with Crippen molar-refractivity contribution in [1.29, 1.82) is 0 Å². The first kappa shape index (κ1) is 15.4. The van der Waals surface area contributed by atoms with E-state index in [0.717, 1.165) is 34.0 Å².